The van der Waals surface area contributed by atoms with Crippen LogP contribution in [0.5, 0.6) is 5.75 Å². The van der Waals surface area contributed by atoms with Gasteiger partial charge in [-0.1, -0.05) is 20.3 Å². The average Bonchev–Trinajstić information content (AvgIpc) is 2.45. The lowest BCUT2D eigenvalue weighted by atomic mass is 9.49. The second-order valence-corrected chi connectivity index (χ2v) is 7.73. The summed E-state index contributed by atoms with van der Waals surface area (Å²) in [5, 5.41) is 10.1. The number of phenolic OH excluding ortho intramolecular Hbond substituents is 1. The predicted octanol–water partition coefficient (Wildman–Crippen LogP) is 3.09. The van der Waals surface area contributed by atoms with E-state index in [-0.39, 0.29) is 28.8 Å². The van der Waals surface area contributed by atoms with Crippen LogP contribution >= 0.6 is 0 Å². The summed E-state index contributed by atoms with van der Waals surface area (Å²) in [7, 11) is 0. The van der Waals surface area contributed by atoms with Crippen LogP contribution in [0.2, 0.25) is 0 Å². The Balaban J connectivity index is 2.17. The van der Waals surface area contributed by atoms with Crippen LogP contribution in [0, 0.1) is 11.3 Å². The van der Waals surface area contributed by atoms with Gasteiger partial charge in [-0.15, -0.1) is 0 Å². The molecule has 4 nitrogen and oxygen atoms in total. The number of fused-ring (bicyclic) bond motifs is 3. The zero-order chi connectivity index (χ0) is 17.0. The first kappa shape index (κ1) is 16.0. The molecular weight excluding hydrogens is 290 g/mol. The molecule has 1 saturated carbocycles. The van der Waals surface area contributed by atoms with Gasteiger partial charge >= 0.3 is 0 Å². The number of hydrogen-bond donors (Lipinski definition) is 2. The van der Waals surface area contributed by atoms with E-state index in [2.05, 4.69) is 6.92 Å². The Kier molecular flexibility index (Phi) is 3.54. The van der Waals surface area contributed by atoms with Gasteiger partial charge in [0.15, 0.2) is 5.78 Å². The minimum Gasteiger partial charge on any atom is -0.507 e. The SMILES string of the molecule is CC(=O)c1cc2c(cc1O)CCC1C(C)(C(N)=O)CCCC21C. The molecule has 23 heavy (non-hydrogen) atoms. The topological polar surface area (TPSA) is 80.4 Å². The van der Waals surface area contributed by atoms with Crippen LogP contribution in [0.4, 0.5) is 0 Å². The molecule has 2 aliphatic rings. The highest BCUT2D eigenvalue weighted by Gasteiger charge is 2.54. The fraction of sp³-hybridized carbons (Fsp3) is 0.579. The highest BCUT2D eigenvalue weighted by molar-refractivity contribution is 5.97. The molecule has 1 aromatic carbocycles. The summed E-state index contributed by atoms with van der Waals surface area (Å²) in [5.74, 6) is -0.114. The molecule has 0 bridgehead atoms. The number of hydrogen-bond acceptors (Lipinski definition) is 3. The van der Waals surface area contributed by atoms with Crippen molar-refractivity contribution in [3.8, 4) is 5.75 Å². The number of ketones is 1. The zero-order valence-corrected chi connectivity index (χ0v) is 14.1. The molecule has 0 heterocycles. The van der Waals surface area contributed by atoms with Gasteiger partial charge in [-0.25, -0.2) is 0 Å². The first-order valence-electron chi connectivity index (χ1n) is 8.37. The second-order valence-electron chi connectivity index (χ2n) is 7.73. The number of aryl methyl sites for hydroxylation is 1. The minimum atomic E-state index is -0.501. The van der Waals surface area contributed by atoms with Gasteiger partial charge in [0.1, 0.15) is 5.75 Å². The molecule has 3 N–H and O–H groups in total. The number of carbonyl (C=O) groups is 2. The van der Waals surface area contributed by atoms with Crippen LogP contribution in [0.15, 0.2) is 12.1 Å². The number of carbonyl (C=O) groups excluding carboxylic acids is 2. The van der Waals surface area contributed by atoms with Gasteiger partial charge in [0.25, 0.3) is 0 Å². The summed E-state index contributed by atoms with van der Waals surface area (Å²) in [5.41, 5.74) is 7.67. The number of nitrogens with two attached hydrogens (primary N) is 1. The van der Waals surface area contributed by atoms with E-state index in [1.807, 2.05) is 13.0 Å². The van der Waals surface area contributed by atoms with Crippen LogP contribution in [0.3, 0.4) is 0 Å². The number of aromatic hydroxyl groups is 1. The van der Waals surface area contributed by atoms with Crippen molar-refractivity contribution in [3.63, 3.8) is 0 Å². The Morgan fingerprint density at radius 2 is 1.96 bits per heavy atom. The largest absolute Gasteiger partial charge is 0.507 e. The molecule has 3 unspecified atom stereocenters. The molecule has 1 amide bonds. The maximum atomic E-state index is 12.1. The number of Topliss-reactive ketones (excluding diaryl/α,β-unsaturated/α-hetero) is 1. The van der Waals surface area contributed by atoms with Crippen molar-refractivity contribution in [2.45, 2.75) is 58.3 Å². The number of phenols is 1. The number of amides is 1. The van der Waals surface area contributed by atoms with Gasteiger partial charge in [-0.2, -0.15) is 0 Å². The number of primary amides is 1. The lowest BCUT2D eigenvalue weighted by Crippen LogP contribution is -2.54. The molecule has 124 valence electrons. The molecule has 0 spiro atoms. The molecule has 0 aliphatic heterocycles. The average molecular weight is 315 g/mol. The third-order valence-electron chi connectivity index (χ3n) is 6.41. The molecule has 0 aromatic heterocycles. The van der Waals surface area contributed by atoms with Crippen molar-refractivity contribution >= 4 is 11.7 Å². The van der Waals surface area contributed by atoms with Crippen molar-refractivity contribution in [1.29, 1.82) is 0 Å². The molecular formula is C19H25NO3. The van der Waals surface area contributed by atoms with Crippen LogP contribution in [0.25, 0.3) is 0 Å². The third kappa shape index (κ3) is 2.19. The van der Waals surface area contributed by atoms with Crippen LogP contribution < -0.4 is 5.73 Å². The van der Waals surface area contributed by atoms with Gasteiger partial charge in [0, 0.05) is 5.41 Å². The summed E-state index contributed by atoms with van der Waals surface area (Å²) >= 11 is 0. The third-order valence-corrected chi connectivity index (χ3v) is 6.41. The van der Waals surface area contributed by atoms with E-state index < -0.39 is 5.41 Å². The van der Waals surface area contributed by atoms with Gasteiger partial charge in [-0.3, -0.25) is 9.59 Å². The summed E-state index contributed by atoms with van der Waals surface area (Å²) in [4.78, 5) is 24.0. The van der Waals surface area contributed by atoms with E-state index >= 15 is 0 Å². The Morgan fingerprint density at radius 1 is 1.26 bits per heavy atom. The van der Waals surface area contributed by atoms with Crippen molar-refractivity contribution < 1.29 is 14.7 Å². The number of benzene rings is 1. The Morgan fingerprint density at radius 3 is 2.57 bits per heavy atom. The quantitative estimate of drug-likeness (QED) is 0.823. The zero-order valence-electron chi connectivity index (χ0n) is 14.1. The summed E-state index contributed by atoms with van der Waals surface area (Å²) < 4.78 is 0. The van der Waals surface area contributed by atoms with E-state index in [9.17, 15) is 14.7 Å². The molecule has 1 fully saturated rings. The van der Waals surface area contributed by atoms with E-state index in [0.717, 1.165) is 43.2 Å². The lowest BCUT2D eigenvalue weighted by molar-refractivity contribution is -0.135. The standard InChI is InChI=1S/C19H25NO3/c1-11(21)13-10-14-12(9-15(13)22)5-6-16-18(14,2)7-4-8-19(16,3)17(20)23/h9-10,16,22H,4-8H2,1-3H3,(H2,20,23). The highest BCUT2D eigenvalue weighted by Crippen LogP contribution is 2.57. The minimum absolute atomic E-state index is 0.0618. The van der Waals surface area contributed by atoms with Crippen LogP contribution in [-0.4, -0.2) is 16.8 Å². The second kappa shape index (κ2) is 5.08. The summed E-state index contributed by atoms with van der Waals surface area (Å²) in [6.45, 7) is 5.66. The van der Waals surface area contributed by atoms with Crippen LogP contribution in [-0.2, 0) is 16.6 Å². The fourth-order valence-electron chi connectivity index (χ4n) is 5.08. The van der Waals surface area contributed by atoms with E-state index in [0.29, 0.717) is 5.56 Å². The van der Waals surface area contributed by atoms with Crippen molar-refractivity contribution in [2.24, 2.45) is 17.1 Å². The Bertz CT molecular complexity index is 696. The van der Waals surface area contributed by atoms with Gasteiger partial charge in [0.2, 0.25) is 5.91 Å². The van der Waals surface area contributed by atoms with Crippen LogP contribution in [0.1, 0.15) is 67.9 Å². The lowest BCUT2D eigenvalue weighted by Gasteiger charge is -2.54. The monoisotopic (exact) mass is 315 g/mol. The van der Waals surface area contributed by atoms with E-state index in [4.69, 9.17) is 5.73 Å². The Labute approximate surface area is 137 Å². The fourth-order valence-corrected chi connectivity index (χ4v) is 5.08. The molecule has 2 aliphatic carbocycles. The van der Waals surface area contributed by atoms with E-state index in [1.165, 1.54) is 6.92 Å². The normalized spacial score (nSPS) is 32.7. The van der Waals surface area contributed by atoms with Gasteiger partial charge < -0.3 is 10.8 Å². The highest BCUT2D eigenvalue weighted by atomic mass is 16.3. The first-order chi connectivity index (χ1) is 10.7. The smallest absolute Gasteiger partial charge is 0.223 e. The predicted molar refractivity (Wildman–Crippen MR) is 88.4 cm³/mol. The molecule has 0 radical (unpaired) electrons. The van der Waals surface area contributed by atoms with Crippen molar-refractivity contribution in [2.75, 3.05) is 0 Å². The van der Waals surface area contributed by atoms with Crippen molar-refractivity contribution in [1.82, 2.24) is 0 Å². The molecule has 1 aromatic rings. The molecule has 0 saturated heterocycles. The summed E-state index contributed by atoms with van der Waals surface area (Å²) in [6.07, 6.45) is 4.46. The van der Waals surface area contributed by atoms with E-state index in [1.54, 1.807) is 6.07 Å². The Hall–Kier alpha value is -1.84. The molecule has 3 atom stereocenters. The summed E-state index contributed by atoms with van der Waals surface area (Å²) in [6, 6.07) is 3.59. The van der Waals surface area contributed by atoms with Gasteiger partial charge in [0.05, 0.1) is 5.56 Å². The first-order valence-corrected chi connectivity index (χ1v) is 8.37. The van der Waals surface area contributed by atoms with Crippen molar-refractivity contribution in [3.05, 3.63) is 28.8 Å². The van der Waals surface area contributed by atoms with Gasteiger partial charge in [-0.05, 0) is 67.2 Å². The maximum Gasteiger partial charge on any atom is 0.223 e. The molecule has 4 heteroatoms. The molecule has 3 rings (SSSR count). The number of rotatable bonds is 2. The maximum absolute atomic E-state index is 12.1.